The van der Waals surface area contributed by atoms with Crippen LogP contribution in [0.3, 0.4) is 0 Å². The van der Waals surface area contributed by atoms with Crippen LogP contribution >= 0.6 is 11.6 Å². The lowest BCUT2D eigenvalue weighted by Gasteiger charge is -2.19. The van der Waals surface area contributed by atoms with Crippen LogP contribution in [0.5, 0.6) is 0 Å². The number of amides is 1. The largest absolute Gasteiger partial charge is 0.360 e. The highest BCUT2D eigenvalue weighted by Crippen LogP contribution is 2.38. The van der Waals surface area contributed by atoms with Crippen molar-refractivity contribution in [1.82, 2.24) is 24.8 Å². The van der Waals surface area contributed by atoms with E-state index >= 15 is 0 Å². The fourth-order valence-corrected chi connectivity index (χ4v) is 3.03. The molecule has 0 unspecified atom stereocenters. The van der Waals surface area contributed by atoms with Crippen LogP contribution in [0.25, 0.3) is 0 Å². The summed E-state index contributed by atoms with van der Waals surface area (Å²) in [4.78, 5) is 18.9. The summed E-state index contributed by atoms with van der Waals surface area (Å²) in [5, 5.41) is 8.53. The second kappa shape index (κ2) is 5.96. The number of halogens is 1. The maximum Gasteiger partial charge on any atom is 0.223 e. The Balaban J connectivity index is 1.33. The van der Waals surface area contributed by atoms with Crippen LogP contribution in [0.15, 0.2) is 10.6 Å². The number of fused-ring (bicyclic) bond motifs is 1. The molecule has 0 atom stereocenters. The third kappa shape index (κ3) is 3.24. The molecule has 7 nitrogen and oxygen atoms in total. The standard InChI is InChI=1S/C15H18ClN5O2/c16-12-9-11(23-19-12)3-4-14(22)20-6-5-13-17-15(10-1-2-10)18-21(13)8-7-20/h9-10H,1-8H2. The first-order valence-corrected chi connectivity index (χ1v) is 8.39. The van der Waals surface area contributed by atoms with E-state index in [4.69, 9.17) is 16.1 Å². The van der Waals surface area contributed by atoms with E-state index in [0.29, 0.717) is 42.8 Å². The summed E-state index contributed by atoms with van der Waals surface area (Å²) in [6.45, 7) is 2.09. The van der Waals surface area contributed by atoms with Crippen LogP contribution in [0, 0.1) is 0 Å². The van der Waals surface area contributed by atoms with Crippen LogP contribution in [0.2, 0.25) is 5.15 Å². The van der Waals surface area contributed by atoms with Gasteiger partial charge in [-0.25, -0.2) is 9.67 Å². The van der Waals surface area contributed by atoms with E-state index in [1.54, 1.807) is 6.07 Å². The highest BCUT2D eigenvalue weighted by molar-refractivity contribution is 6.29. The second-order valence-electron chi connectivity index (χ2n) is 6.13. The van der Waals surface area contributed by atoms with Crippen molar-refractivity contribution in [2.45, 2.75) is 44.6 Å². The van der Waals surface area contributed by atoms with Crippen molar-refractivity contribution in [3.63, 3.8) is 0 Å². The highest BCUT2D eigenvalue weighted by atomic mass is 35.5. The Hall–Kier alpha value is -1.89. The van der Waals surface area contributed by atoms with E-state index in [0.717, 1.165) is 24.6 Å². The van der Waals surface area contributed by atoms with Crippen LogP contribution in [-0.4, -0.2) is 43.8 Å². The minimum atomic E-state index is 0.116. The van der Waals surface area contributed by atoms with Gasteiger partial charge in [-0.1, -0.05) is 16.8 Å². The van der Waals surface area contributed by atoms with Gasteiger partial charge in [0.2, 0.25) is 5.91 Å². The topological polar surface area (TPSA) is 77.1 Å². The zero-order chi connectivity index (χ0) is 15.8. The summed E-state index contributed by atoms with van der Waals surface area (Å²) in [6.07, 6.45) is 4.09. The van der Waals surface area contributed by atoms with Gasteiger partial charge >= 0.3 is 0 Å². The van der Waals surface area contributed by atoms with Crippen molar-refractivity contribution in [3.05, 3.63) is 28.6 Å². The normalized spacial score (nSPS) is 17.9. The van der Waals surface area contributed by atoms with Crippen molar-refractivity contribution >= 4 is 17.5 Å². The minimum absolute atomic E-state index is 0.116. The minimum Gasteiger partial charge on any atom is -0.360 e. The summed E-state index contributed by atoms with van der Waals surface area (Å²) in [5.74, 6) is 3.32. The lowest BCUT2D eigenvalue weighted by atomic mass is 10.2. The molecule has 2 aromatic heterocycles. The SMILES string of the molecule is O=C(CCc1cc(Cl)no1)N1CCc2nc(C3CC3)nn2CC1. The number of hydrogen-bond donors (Lipinski definition) is 0. The Morgan fingerprint density at radius 3 is 2.96 bits per heavy atom. The number of hydrogen-bond acceptors (Lipinski definition) is 5. The molecular weight excluding hydrogens is 318 g/mol. The van der Waals surface area contributed by atoms with Gasteiger partial charge in [0.05, 0.1) is 6.54 Å². The first kappa shape index (κ1) is 14.7. The number of aryl methyl sites for hydroxylation is 1. The molecule has 1 amide bonds. The van der Waals surface area contributed by atoms with E-state index < -0.39 is 0 Å². The molecule has 122 valence electrons. The maximum absolute atomic E-state index is 12.4. The molecule has 4 rings (SSSR count). The van der Waals surface area contributed by atoms with Crippen LogP contribution in [-0.2, 0) is 24.2 Å². The van der Waals surface area contributed by atoms with Gasteiger partial charge in [-0.3, -0.25) is 4.79 Å². The second-order valence-corrected chi connectivity index (χ2v) is 6.52. The lowest BCUT2D eigenvalue weighted by Crippen LogP contribution is -2.33. The molecule has 1 aliphatic heterocycles. The van der Waals surface area contributed by atoms with Crippen LogP contribution in [0.1, 0.15) is 42.6 Å². The maximum atomic E-state index is 12.4. The molecule has 3 heterocycles. The number of rotatable bonds is 4. The average Bonchev–Trinajstić information content (AvgIpc) is 3.24. The first-order chi connectivity index (χ1) is 11.2. The fourth-order valence-electron chi connectivity index (χ4n) is 2.88. The molecule has 1 saturated carbocycles. The smallest absolute Gasteiger partial charge is 0.223 e. The summed E-state index contributed by atoms with van der Waals surface area (Å²) in [6, 6.07) is 1.65. The summed E-state index contributed by atoms with van der Waals surface area (Å²) in [7, 11) is 0. The lowest BCUT2D eigenvalue weighted by molar-refractivity contribution is -0.131. The van der Waals surface area contributed by atoms with Crippen molar-refractivity contribution in [2.24, 2.45) is 0 Å². The van der Waals surface area contributed by atoms with Gasteiger partial charge in [0, 0.05) is 44.3 Å². The molecule has 23 heavy (non-hydrogen) atoms. The van der Waals surface area contributed by atoms with E-state index in [1.807, 2.05) is 9.58 Å². The predicted molar refractivity (Wildman–Crippen MR) is 82.1 cm³/mol. The molecule has 2 aromatic rings. The zero-order valence-corrected chi connectivity index (χ0v) is 13.5. The summed E-state index contributed by atoms with van der Waals surface area (Å²) in [5.41, 5.74) is 0. The molecule has 1 aliphatic carbocycles. The van der Waals surface area contributed by atoms with Gasteiger partial charge in [-0.05, 0) is 12.8 Å². The molecule has 0 aromatic carbocycles. The highest BCUT2D eigenvalue weighted by Gasteiger charge is 2.30. The van der Waals surface area contributed by atoms with Gasteiger partial charge in [0.1, 0.15) is 11.6 Å². The molecule has 0 spiro atoms. The molecule has 1 fully saturated rings. The predicted octanol–water partition coefficient (Wildman–Crippen LogP) is 1.81. The number of carbonyl (C=O) groups is 1. The third-order valence-electron chi connectivity index (χ3n) is 4.36. The third-order valence-corrected chi connectivity index (χ3v) is 4.54. The van der Waals surface area contributed by atoms with Crippen LogP contribution < -0.4 is 0 Å². The van der Waals surface area contributed by atoms with Gasteiger partial charge < -0.3 is 9.42 Å². The Morgan fingerprint density at radius 2 is 2.22 bits per heavy atom. The monoisotopic (exact) mass is 335 g/mol. The van der Waals surface area contributed by atoms with Crippen molar-refractivity contribution in [3.8, 4) is 0 Å². The molecule has 0 saturated heterocycles. The molecule has 2 aliphatic rings. The van der Waals surface area contributed by atoms with E-state index in [9.17, 15) is 4.79 Å². The summed E-state index contributed by atoms with van der Waals surface area (Å²) >= 11 is 5.71. The van der Waals surface area contributed by atoms with Gasteiger partial charge in [-0.2, -0.15) is 5.10 Å². The number of carbonyl (C=O) groups excluding carboxylic acids is 1. The Bertz CT molecular complexity index is 696. The van der Waals surface area contributed by atoms with Crippen molar-refractivity contribution < 1.29 is 9.32 Å². The number of aromatic nitrogens is 4. The Labute approximate surface area is 138 Å². The quantitative estimate of drug-likeness (QED) is 0.851. The van der Waals surface area contributed by atoms with Crippen molar-refractivity contribution in [1.29, 1.82) is 0 Å². The summed E-state index contributed by atoms with van der Waals surface area (Å²) < 4.78 is 7.00. The van der Waals surface area contributed by atoms with Gasteiger partial charge in [-0.15, -0.1) is 0 Å². The molecule has 8 heteroatoms. The van der Waals surface area contributed by atoms with Gasteiger partial charge in [0.15, 0.2) is 11.0 Å². The van der Waals surface area contributed by atoms with E-state index in [1.165, 1.54) is 12.8 Å². The van der Waals surface area contributed by atoms with Crippen molar-refractivity contribution in [2.75, 3.05) is 13.1 Å². The molecular formula is C15H18ClN5O2. The molecule has 0 radical (unpaired) electrons. The van der Waals surface area contributed by atoms with Gasteiger partial charge in [0.25, 0.3) is 0 Å². The Morgan fingerprint density at radius 1 is 1.35 bits per heavy atom. The van der Waals surface area contributed by atoms with Crippen LogP contribution in [0.4, 0.5) is 0 Å². The Kier molecular flexibility index (Phi) is 3.80. The molecule has 0 bridgehead atoms. The molecule has 0 N–H and O–H groups in total. The van der Waals surface area contributed by atoms with E-state index in [-0.39, 0.29) is 5.91 Å². The number of nitrogens with zero attached hydrogens (tertiary/aromatic N) is 5. The average molecular weight is 336 g/mol. The zero-order valence-electron chi connectivity index (χ0n) is 12.7. The fraction of sp³-hybridized carbons (Fsp3) is 0.600. The van der Waals surface area contributed by atoms with E-state index in [2.05, 4.69) is 15.2 Å². The first-order valence-electron chi connectivity index (χ1n) is 8.01.